The van der Waals surface area contributed by atoms with Crippen LogP contribution in [0.25, 0.3) is 0 Å². The third-order valence-electron chi connectivity index (χ3n) is 3.73. The van der Waals surface area contributed by atoms with Crippen molar-refractivity contribution in [3.05, 3.63) is 53.6 Å². The average Bonchev–Trinajstić information content (AvgIpc) is 2.65. The van der Waals surface area contributed by atoms with Gasteiger partial charge in [0.1, 0.15) is 10.6 Å². The molecule has 0 aliphatic heterocycles. The van der Waals surface area contributed by atoms with Gasteiger partial charge in [-0.15, -0.1) is 0 Å². The zero-order chi connectivity index (χ0) is 20.9. The predicted molar refractivity (Wildman–Crippen MR) is 97.9 cm³/mol. The van der Waals surface area contributed by atoms with Gasteiger partial charge in [0, 0.05) is 17.8 Å². The van der Waals surface area contributed by atoms with Gasteiger partial charge in [-0.1, -0.05) is 6.92 Å². The van der Waals surface area contributed by atoms with Gasteiger partial charge < -0.3 is 10.1 Å². The summed E-state index contributed by atoms with van der Waals surface area (Å²) in [6.07, 6.45) is -3.90. The van der Waals surface area contributed by atoms with Crippen LogP contribution in [0.3, 0.4) is 0 Å². The lowest BCUT2D eigenvalue weighted by Gasteiger charge is -2.13. The molecule has 0 spiro atoms. The second kappa shape index (κ2) is 8.61. The molecular weight excluding hydrogens is 397 g/mol. The topological polar surface area (TPSA) is 84.5 Å². The molecule has 1 amide bonds. The van der Waals surface area contributed by atoms with E-state index in [1.807, 2.05) is 0 Å². The van der Waals surface area contributed by atoms with Gasteiger partial charge in [0.15, 0.2) is 0 Å². The van der Waals surface area contributed by atoms with Crippen LogP contribution < -0.4 is 14.8 Å². The zero-order valence-corrected chi connectivity index (χ0v) is 15.9. The molecule has 0 radical (unpaired) electrons. The van der Waals surface area contributed by atoms with Crippen molar-refractivity contribution in [2.75, 3.05) is 19.0 Å². The lowest BCUT2D eigenvalue weighted by molar-refractivity contribution is -0.137. The first kappa shape index (κ1) is 21.7. The number of rotatable bonds is 7. The van der Waals surface area contributed by atoms with Gasteiger partial charge in [0.25, 0.3) is 5.91 Å². The Kier molecular flexibility index (Phi) is 6.68. The fraction of sp³-hybridized carbons (Fsp3) is 0.278. The van der Waals surface area contributed by atoms with Gasteiger partial charge in [-0.3, -0.25) is 4.79 Å². The SMILES string of the molecule is CCCNS(=O)(=O)c1cc(C(=O)Nc2ccc(C(F)(F)F)cc2)ccc1OC. The molecule has 28 heavy (non-hydrogen) atoms. The third-order valence-corrected chi connectivity index (χ3v) is 5.21. The number of carbonyl (C=O) groups excluding carboxylic acids is 1. The minimum absolute atomic E-state index is 0.0116. The Morgan fingerprint density at radius 1 is 1.11 bits per heavy atom. The van der Waals surface area contributed by atoms with E-state index in [4.69, 9.17) is 4.74 Å². The van der Waals surface area contributed by atoms with Crippen LogP contribution in [0.1, 0.15) is 29.3 Å². The predicted octanol–water partition coefficient (Wildman–Crippen LogP) is 3.65. The molecule has 0 aliphatic rings. The number of alkyl halides is 3. The average molecular weight is 416 g/mol. The Labute approximate surface area is 160 Å². The molecule has 0 fully saturated rings. The van der Waals surface area contributed by atoms with E-state index >= 15 is 0 Å². The zero-order valence-electron chi connectivity index (χ0n) is 15.1. The summed E-state index contributed by atoms with van der Waals surface area (Å²) < 4.78 is 70.1. The van der Waals surface area contributed by atoms with Crippen LogP contribution in [0.5, 0.6) is 5.75 Å². The molecule has 0 heterocycles. The van der Waals surface area contributed by atoms with Gasteiger partial charge in [-0.05, 0) is 48.9 Å². The molecule has 2 aromatic rings. The number of anilines is 1. The molecule has 152 valence electrons. The molecule has 0 aromatic heterocycles. The van der Waals surface area contributed by atoms with Crippen LogP contribution in [0.4, 0.5) is 18.9 Å². The van der Waals surface area contributed by atoms with Gasteiger partial charge in [-0.25, -0.2) is 13.1 Å². The lowest BCUT2D eigenvalue weighted by atomic mass is 10.1. The molecule has 0 bridgehead atoms. The molecule has 2 N–H and O–H groups in total. The van der Waals surface area contributed by atoms with Crippen molar-refractivity contribution in [3.8, 4) is 5.75 Å². The highest BCUT2D eigenvalue weighted by atomic mass is 32.2. The van der Waals surface area contributed by atoms with E-state index in [1.165, 1.54) is 19.2 Å². The Hall–Kier alpha value is -2.59. The van der Waals surface area contributed by atoms with Crippen molar-refractivity contribution in [1.29, 1.82) is 0 Å². The minimum atomic E-state index is -4.48. The summed E-state index contributed by atoms with van der Waals surface area (Å²) in [6.45, 7) is 2.02. The number of benzene rings is 2. The number of hydrogen-bond acceptors (Lipinski definition) is 4. The number of methoxy groups -OCH3 is 1. The highest BCUT2D eigenvalue weighted by Gasteiger charge is 2.30. The monoisotopic (exact) mass is 416 g/mol. The normalized spacial score (nSPS) is 11.9. The minimum Gasteiger partial charge on any atom is -0.495 e. The Balaban J connectivity index is 2.27. The van der Waals surface area contributed by atoms with Crippen molar-refractivity contribution in [2.24, 2.45) is 0 Å². The van der Waals surface area contributed by atoms with Gasteiger partial charge in [0.05, 0.1) is 12.7 Å². The molecule has 10 heteroatoms. The fourth-order valence-electron chi connectivity index (χ4n) is 2.29. The van der Waals surface area contributed by atoms with Gasteiger partial charge in [0.2, 0.25) is 10.0 Å². The summed E-state index contributed by atoms with van der Waals surface area (Å²) in [5.74, 6) is -0.607. The van der Waals surface area contributed by atoms with Gasteiger partial charge in [-0.2, -0.15) is 13.2 Å². The third kappa shape index (κ3) is 5.23. The summed E-state index contributed by atoms with van der Waals surface area (Å²) >= 11 is 0. The summed E-state index contributed by atoms with van der Waals surface area (Å²) in [4.78, 5) is 12.2. The fourth-order valence-corrected chi connectivity index (χ4v) is 3.61. The van der Waals surface area contributed by atoms with E-state index < -0.39 is 27.7 Å². The van der Waals surface area contributed by atoms with E-state index in [1.54, 1.807) is 6.92 Å². The molecule has 0 unspecified atom stereocenters. The first-order valence-corrected chi connectivity index (χ1v) is 9.73. The van der Waals surface area contributed by atoms with E-state index in [2.05, 4.69) is 10.0 Å². The van der Waals surface area contributed by atoms with Crippen molar-refractivity contribution in [2.45, 2.75) is 24.4 Å². The van der Waals surface area contributed by atoms with Crippen LogP contribution in [0.15, 0.2) is 47.4 Å². The largest absolute Gasteiger partial charge is 0.495 e. The standard InChI is InChI=1S/C18H19F3N2O4S/c1-3-10-22-28(25,26)16-11-12(4-9-15(16)27-2)17(24)23-14-7-5-13(6-8-14)18(19,20)21/h4-9,11,22H,3,10H2,1-2H3,(H,23,24). The van der Waals surface area contributed by atoms with E-state index in [0.29, 0.717) is 6.42 Å². The maximum atomic E-state index is 12.6. The quantitative estimate of drug-likeness (QED) is 0.722. The number of sulfonamides is 1. The number of amides is 1. The number of nitrogens with one attached hydrogen (secondary N) is 2. The van der Waals surface area contributed by atoms with E-state index in [9.17, 15) is 26.4 Å². The number of halogens is 3. The second-order valence-corrected chi connectivity index (χ2v) is 7.53. The van der Waals surface area contributed by atoms with Crippen LogP contribution in [0.2, 0.25) is 0 Å². The van der Waals surface area contributed by atoms with Crippen LogP contribution in [-0.2, 0) is 16.2 Å². The smallest absolute Gasteiger partial charge is 0.416 e. The maximum Gasteiger partial charge on any atom is 0.416 e. The molecular formula is C18H19F3N2O4S. The van der Waals surface area contributed by atoms with E-state index in [0.717, 1.165) is 30.3 Å². The molecule has 0 saturated heterocycles. The first-order chi connectivity index (χ1) is 13.1. The maximum absolute atomic E-state index is 12.6. The first-order valence-electron chi connectivity index (χ1n) is 8.25. The van der Waals surface area contributed by atoms with E-state index in [-0.39, 0.29) is 28.4 Å². The molecule has 6 nitrogen and oxygen atoms in total. The van der Waals surface area contributed by atoms with Crippen molar-refractivity contribution < 1.29 is 31.1 Å². The lowest BCUT2D eigenvalue weighted by Crippen LogP contribution is -2.25. The molecule has 2 rings (SSSR count). The number of ether oxygens (including phenoxy) is 1. The van der Waals surface area contributed by atoms with Crippen LogP contribution in [-0.4, -0.2) is 28.0 Å². The summed E-state index contributed by atoms with van der Waals surface area (Å²) in [5.41, 5.74) is -0.690. The number of hydrogen-bond donors (Lipinski definition) is 2. The Bertz CT molecular complexity index is 942. The van der Waals surface area contributed by atoms with Crippen molar-refractivity contribution >= 4 is 21.6 Å². The van der Waals surface area contributed by atoms with Crippen molar-refractivity contribution in [1.82, 2.24) is 4.72 Å². The van der Waals surface area contributed by atoms with Crippen LogP contribution in [0, 0.1) is 0 Å². The van der Waals surface area contributed by atoms with Gasteiger partial charge >= 0.3 is 6.18 Å². The molecule has 2 aromatic carbocycles. The molecule has 0 aliphatic carbocycles. The number of carbonyl (C=O) groups is 1. The molecule has 0 atom stereocenters. The summed E-state index contributed by atoms with van der Waals surface area (Å²) in [5, 5.41) is 2.43. The summed E-state index contributed by atoms with van der Waals surface area (Å²) in [7, 11) is -2.59. The van der Waals surface area contributed by atoms with Crippen LogP contribution >= 0.6 is 0 Å². The highest BCUT2D eigenvalue weighted by Crippen LogP contribution is 2.30. The highest BCUT2D eigenvalue weighted by molar-refractivity contribution is 7.89. The van der Waals surface area contributed by atoms with Crippen molar-refractivity contribution in [3.63, 3.8) is 0 Å². The Morgan fingerprint density at radius 3 is 2.29 bits per heavy atom. The second-order valence-electron chi connectivity index (χ2n) is 5.79. The molecule has 0 saturated carbocycles. The Morgan fingerprint density at radius 2 is 1.75 bits per heavy atom. The summed E-state index contributed by atoms with van der Waals surface area (Å²) in [6, 6.07) is 7.76.